The Kier molecular flexibility index (Phi) is 5.80. The highest BCUT2D eigenvalue weighted by atomic mass is 32.2. The predicted octanol–water partition coefficient (Wildman–Crippen LogP) is 1.97. The molecule has 0 aliphatic heterocycles. The van der Waals surface area contributed by atoms with Crippen LogP contribution in [0.2, 0.25) is 0 Å². The number of aryl methyl sites for hydroxylation is 2. The lowest BCUT2D eigenvalue weighted by molar-refractivity contribution is -0.763. The lowest BCUT2D eigenvalue weighted by Gasteiger charge is -2.10. The molecule has 1 aromatic heterocycles. The predicted molar refractivity (Wildman–Crippen MR) is 103 cm³/mol. The van der Waals surface area contributed by atoms with E-state index < -0.39 is 32.4 Å². The molecule has 0 spiro atoms. The van der Waals surface area contributed by atoms with Crippen LogP contribution in [0.1, 0.15) is 28.3 Å². The van der Waals surface area contributed by atoms with Crippen molar-refractivity contribution in [3.05, 3.63) is 80.7 Å². The molecule has 0 bridgehead atoms. The highest BCUT2D eigenvalue weighted by Gasteiger charge is 2.19. The second kappa shape index (κ2) is 8.16. The van der Waals surface area contributed by atoms with Crippen LogP contribution >= 0.6 is 0 Å². The molecule has 10 nitrogen and oxygen atoms in total. The van der Waals surface area contributed by atoms with Gasteiger partial charge in [-0.2, -0.15) is 0 Å². The molecule has 0 unspecified atom stereocenters. The minimum atomic E-state index is -4.09. The van der Waals surface area contributed by atoms with Crippen molar-refractivity contribution >= 4 is 10.0 Å². The van der Waals surface area contributed by atoms with Gasteiger partial charge in [-0.25, -0.2) is 27.6 Å². The standard InChI is InChI=1S/C18H18FN5O5S/c1-11-3-4-12(2)13(7-11)8-18-21-17(10-29-24(25)26)22-23(18)16-6-5-14(9-15(16)19)30(20,27)28/h3-7,9H,8,10H2,1-2H3,(H2,20,27,28). The molecule has 0 saturated heterocycles. The first-order valence-electron chi connectivity index (χ1n) is 8.65. The summed E-state index contributed by atoms with van der Waals surface area (Å²) in [5, 5.41) is 18.7. The third-order valence-corrected chi connectivity index (χ3v) is 5.26. The normalized spacial score (nSPS) is 11.5. The van der Waals surface area contributed by atoms with Gasteiger partial charge in [0.15, 0.2) is 12.4 Å². The van der Waals surface area contributed by atoms with Crippen molar-refractivity contribution in [1.29, 1.82) is 0 Å². The number of aromatic nitrogens is 3. The number of nitrogens with zero attached hydrogens (tertiary/aromatic N) is 4. The van der Waals surface area contributed by atoms with Crippen LogP contribution in [0.3, 0.4) is 0 Å². The zero-order valence-corrected chi connectivity index (χ0v) is 16.9. The van der Waals surface area contributed by atoms with Crippen LogP contribution in [0.5, 0.6) is 0 Å². The van der Waals surface area contributed by atoms with E-state index in [2.05, 4.69) is 14.9 Å². The van der Waals surface area contributed by atoms with Gasteiger partial charge >= 0.3 is 0 Å². The Morgan fingerprint density at radius 2 is 1.97 bits per heavy atom. The Bertz CT molecular complexity index is 1230. The highest BCUT2D eigenvalue weighted by Crippen LogP contribution is 2.21. The van der Waals surface area contributed by atoms with Gasteiger partial charge in [0.25, 0.3) is 5.09 Å². The summed E-state index contributed by atoms with van der Waals surface area (Å²) in [7, 11) is -4.09. The molecule has 0 amide bonds. The summed E-state index contributed by atoms with van der Waals surface area (Å²) in [4.78, 5) is 18.7. The quantitative estimate of drug-likeness (QED) is 0.441. The van der Waals surface area contributed by atoms with E-state index in [1.54, 1.807) is 0 Å². The van der Waals surface area contributed by atoms with Crippen molar-refractivity contribution < 1.29 is 22.7 Å². The Labute approximate surface area is 171 Å². The summed E-state index contributed by atoms with van der Waals surface area (Å²) in [5.74, 6) is -0.620. The molecule has 3 rings (SSSR count). The minimum absolute atomic E-state index is 0.0260. The summed E-state index contributed by atoms with van der Waals surface area (Å²) >= 11 is 0. The van der Waals surface area contributed by atoms with Crippen LogP contribution in [-0.2, 0) is 27.9 Å². The number of primary sulfonamides is 1. The van der Waals surface area contributed by atoms with Crippen LogP contribution in [0.4, 0.5) is 4.39 Å². The SMILES string of the molecule is Cc1ccc(C)c(Cc2nc(CO[N+](=O)[O-])nn2-c2ccc(S(N)(=O)=O)cc2F)c1. The van der Waals surface area contributed by atoms with Crippen molar-refractivity contribution in [1.82, 2.24) is 14.8 Å². The maximum absolute atomic E-state index is 14.7. The highest BCUT2D eigenvalue weighted by molar-refractivity contribution is 7.89. The van der Waals surface area contributed by atoms with Gasteiger partial charge in [0.2, 0.25) is 10.0 Å². The molecule has 0 fully saturated rings. The molecule has 3 aromatic rings. The average Bonchev–Trinajstić information content (AvgIpc) is 3.04. The zero-order valence-electron chi connectivity index (χ0n) is 16.1. The van der Waals surface area contributed by atoms with Gasteiger partial charge in [0.1, 0.15) is 17.3 Å². The topological polar surface area (TPSA) is 143 Å². The third kappa shape index (κ3) is 4.78. The molecule has 2 aromatic carbocycles. The smallest absolute Gasteiger partial charge is 0.294 e. The summed E-state index contributed by atoms with van der Waals surface area (Å²) in [6, 6.07) is 8.96. The number of sulfonamides is 1. The van der Waals surface area contributed by atoms with E-state index >= 15 is 0 Å². The Balaban J connectivity index is 2.08. The maximum Gasteiger partial charge on any atom is 0.294 e. The van der Waals surface area contributed by atoms with Gasteiger partial charge in [0, 0.05) is 6.42 Å². The maximum atomic E-state index is 14.7. The fourth-order valence-corrected chi connectivity index (χ4v) is 3.39. The van der Waals surface area contributed by atoms with Crippen LogP contribution in [0.15, 0.2) is 41.3 Å². The van der Waals surface area contributed by atoms with Crippen LogP contribution in [0, 0.1) is 29.8 Å². The number of nitrogens with two attached hydrogens (primary N) is 1. The van der Waals surface area contributed by atoms with Crippen molar-refractivity contribution in [3.63, 3.8) is 0 Å². The van der Waals surface area contributed by atoms with Crippen molar-refractivity contribution in [2.45, 2.75) is 31.8 Å². The van der Waals surface area contributed by atoms with Gasteiger partial charge in [-0.05, 0) is 43.2 Å². The Hall–Kier alpha value is -3.38. The molecule has 0 aliphatic rings. The lowest BCUT2D eigenvalue weighted by Crippen LogP contribution is -2.13. The number of hydrogen-bond donors (Lipinski definition) is 1. The van der Waals surface area contributed by atoms with E-state index in [4.69, 9.17) is 5.14 Å². The van der Waals surface area contributed by atoms with Crippen molar-refractivity contribution in [3.8, 4) is 5.69 Å². The summed E-state index contributed by atoms with van der Waals surface area (Å²) in [6.45, 7) is 3.32. The van der Waals surface area contributed by atoms with Gasteiger partial charge in [-0.1, -0.05) is 23.8 Å². The summed E-state index contributed by atoms with van der Waals surface area (Å²) in [5.41, 5.74) is 2.82. The average molecular weight is 435 g/mol. The minimum Gasteiger partial charge on any atom is -0.306 e. The van der Waals surface area contributed by atoms with E-state index in [-0.39, 0.29) is 17.9 Å². The Morgan fingerprint density at radius 3 is 2.60 bits per heavy atom. The molecule has 0 aliphatic carbocycles. The van der Waals surface area contributed by atoms with E-state index in [9.17, 15) is 22.9 Å². The largest absolute Gasteiger partial charge is 0.306 e. The van der Waals surface area contributed by atoms with Crippen LogP contribution < -0.4 is 5.14 Å². The summed E-state index contributed by atoms with van der Waals surface area (Å²) in [6.07, 6.45) is 0.259. The molecular weight excluding hydrogens is 417 g/mol. The fraction of sp³-hybridized carbons (Fsp3) is 0.222. The molecule has 158 valence electrons. The lowest BCUT2D eigenvalue weighted by atomic mass is 10.0. The molecule has 0 radical (unpaired) electrons. The van der Waals surface area contributed by atoms with Gasteiger partial charge in [0.05, 0.1) is 4.90 Å². The molecule has 0 saturated carbocycles. The molecule has 2 N–H and O–H groups in total. The number of rotatable bonds is 7. The van der Waals surface area contributed by atoms with Crippen LogP contribution in [0.25, 0.3) is 5.69 Å². The van der Waals surface area contributed by atoms with E-state index in [1.165, 1.54) is 10.7 Å². The molecule has 30 heavy (non-hydrogen) atoms. The van der Waals surface area contributed by atoms with Gasteiger partial charge in [-0.15, -0.1) is 15.2 Å². The van der Waals surface area contributed by atoms with Crippen molar-refractivity contribution in [2.75, 3.05) is 0 Å². The second-order valence-electron chi connectivity index (χ2n) is 6.62. The van der Waals surface area contributed by atoms with E-state index in [0.717, 1.165) is 28.8 Å². The monoisotopic (exact) mass is 435 g/mol. The van der Waals surface area contributed by atoms with Gasteiger partial charge in [-0.3, -0.25) is 0 Å². The Morgan fingerprint density at radius 1 is 1.23 bits per heavy atom. The first kappa shape index (κ1) is 21.3. The second-order valence-corrected chi connectivity index (χ2v) is 8.18. The zero-order chi connectivity index (χ0) is 22.1. The number of benzene rings is 2. The third-order valence-electron chi connectivity index (χ3n) is 4.35. The van der Waals surface area contributed by atoms with E-state index in [0.29, 0.717) is 5.82 Å². The summed E-state index contributed by atoms with van der Waals surface area (Å²) < 4.78 is 38.8. The van der Waals surface area contributed by atoms with E-state index in [1.807, 2.05) is 32.0 Å². The van der Waals surface area contributed by atoms with Crippen molar-refractivity contribution in [2.24, 2.45) is 5.14 Å². The number of hydrogen-bond acceptors (Lipinski definition) is 7. The molecule has 1 heterocycles. The first-order valence-corrected chi connectivity index (χ1v) is 10.2. The fourth-order valence-electron chi connectivity index (χ4n) is 2.87. The first-order chi connectivity index (χ1) is 14.0. The van der Waals surface area contributed by atoms with Crippen LogP contribution in [-0.4, -0.2) is 28.3 Å². The molecular formula is C18H18FN5O5S. The molecule has 12 heteroatoms. The number of halogens is 1. The molecule has 0 atom stereocenters. The van der Waals surface area contributed by atoms with Gasteiger partial charge < -0.3 is 4.84 Å².